The minimum Gasteiger partial charge on any atom is -0.286 e. The van der Waals surface area contributed by atoms with Gasteiger partial charge in [-0.15, -0.1) is 0 Å². The number of hydrogen-bond acceptors (Lipinski definition) is 4. The molecule has 0 aliphatic carbocycles. The van der Waals surface area contributed by atoms with Gasteiger partial charge in [-0.25, -0.2) is 0 Å². The van der Waals surface area contributed by atoms with Crippen molar-refractivity contribution < 1.29 is 0 Å². The molecule has 128 valence electrons. The molecule has 4 rings (SSSR count). The van der Waals surface area contributed by atoms with Crippen LogP contribution in [0.5, 0.6) is 0 Å². The molecule has 0 fully saturated rings. The maximum atomic E-state index is 4.82. The number of para-hydroxylation sites is 1. The summed E-state index contributed by atoms with van der Waals surface area (Å²) in [6.45, 7) is 2.26. The molecule has 0 spiro atoms. The van der Waals surface area contributed by atoms with Gasteiger partial charge in [0.15, 0.2) is 0 Å². The molecule has 0 aliphatic rings. The summed E-state index contributed by atoms with van der Waals surface area (Å²) in [4.78, 5) is 16.1. The van der Waals surface area contributed by atoms with Crippen LogP contribution in [0.4, 0.5) is 0 Å². The Bertz CT molecular complexity index is 929. The van der Waals surface area contributed by atoms with E-state index >= 15 is 0 Å². The molecule has 0 N–H and O–H groups in total. The van der Waals surface area contributed by atoms with E-state index in [0.717, 1.165) is 47.6 Å². The van der Waals surface area contributed by atoms with Gasteiger partial charge in [0.05, 0.1) is 22.6 Å². The van der Waals surface area contributed by atoms with E-state index in [2.05, 4.69) is 51.3 Å². The highest BCUT2D eigenvalue weighted by atomic mass is 15.1. The summed E-state index contributed by atoms with van der Waals surface area (Å²) in [5.41, 5.74) is 4.17. The highest BCUT2D eigenvalue weighted by molar-refractivity contribution is 5.78. The van der Waals surface area contributed by atoms with Crippen LogP contribution in [0.15, 0.2) is 85.2 Å². The molecule has 4 nitrogen and oxygen atoms in total. The molecule has 3 aromatic heterocycles. The van der Waals surface area contributed by atoms with Gasteiger partial charge in [-0.3, -0.25) is 19.9 Å². The Morgan fingerprint density at radius 1 is 0.577 bits per heavy atom. The van der Waals surface area contributed by atoms with Crippen LogP contribution in [0.3, 0.4) is 0 Å². The number of fused-ring (bicyclic) bond motifs is 1. The van der Waals surface area contributed by atoms with Crippen molar-refractivity contribution in [1.82, 2.24) is 19.9 Å². The van der Waals surface area contributed by atoms with Gasteiger partial charge in [0, 0.05) is 37.4 Å². The van der Waals surface area contributed by atoms with Gasteiger partial charge in [-0.1, -0.05) is 36.4 Å². The summed E-state index contributed by atoms with van der Waals surface area (Å²) in [6.07, 6.45) is 3.67. The molecule has 0 amide bonds. The molecule has 26 heavy (non-hydrogen) atoms. The zero-order chi connectivity index (χ0) is 17.6. The number of pyridine rings is 3. The van der Waals surface area contributed by atoms with Crippen molar-refractivity contribution in [2.75, 3.05) is 0 Å². The van der Waals surface area contributed by atoms with Crippen LogP contribution in [-0.4, -0.2) is 19.9 Å². The van der Waals surface area contributed by atoms with E-state index in [0.29, 0.717) is 0 Å². The minimum absolute atomic E-state index is 0.748. The highest BCUT2D eigenvalue weighted by Gasteiger charge is 2.11. The lowest BCUT2D eigenvalue weighted by molar-refractivity contribution is 0.239. The molecule has 0 aliphatic heterocycles. The van der Waals surface area contributed by atoms with E-state index in [1.807, 2.05) is 48.8 Å². The van der Waals surface area contributed by atoms with E-state index in [4.69, 9.17) is 4.98 Å². The van der Waals surface area contributed by atoms with Gasteiger partial charge < -0.3 is 0 Å². The third-order valence-electron chi connectivity index (χ3n) is 4.27. The van der Waals surface area contributed by atoms with Crippen LogP contribution in [-0.2, 0) is 19.6 Å². The Labute approximate surface area is 153 Å². The monoisotopic (exact) mass is 340 g/mol. The van der Waals surface area contributed by atoms with Gasteiger partial charge in [-0.2, -0.15) is 0 Å². The van der Waals surface area contributed by atoms with Crippen LogP contribution in [0.2, 0.25) is 0 Å². The zero-order valence-electron chi connectivity index (χ0n) is 14.5. The Morgan fingerprint density at radius 3 is 1.85 bits per heavy atom. The maximum Gasteiger partial charge on any atom is 0.0705 e. The second-order valence-electron chi connectivity index (χ2n) is 6.28. The quantitative estimate of drug-likeness (QED) is 0.527. The van der Waals surface area contributed by atoms with Crippen molar-refractivity contribution in [1.29, 1.82) is 0 Å². The average molecular weight is 340 g/mol. The fourth-order valence-corrected chi connectivity index (χ4v) is 3.03. The van der Waals surface area contributed by atoms with Crippen molar-refractivity contribution in [2.45, 2.75) is 19.6 Å². The predicted molar refractivity (Wildman–Crippen MR) is 103 cm³/mol. The molecule has 4 heteroatoms. The van der Waals surface area contributed by atoms with Gasteiger partial charge in [0.2, 0.25) is 0 Å². The van der Waals surface area contributed by atoms with Gasteiger partial charge in [0.1, 0.15) is 0 Å². The van der Waals surface area contributed by atoms with E-state index < -0.39 is 0 Å². The van der Waals surface area contributed by atoms with Gasteiger partial charge in [0.25, 0.3) is 0 Å². The lowest BCUT2D eigenvalue weighted by atomic mass is 10.2. The third kappa shape index (κ3) is 4.10. The molecule has 0 radical (unpaired) electrons. The summed E-state index contributed by atoms with van der Waals surface area (Å²) < 4.78 is 0. The largest absolute Gasteiger partial charge is 0.286 e. The number of nitrogens with zero attached hydrogens (tertiary/aromatic N) is 4. The van der Waals surface area contributed by atoms with Crippen LogP contribution < -0.4 is 0 Å². The summed E-state index contributed by atoms with van der Waals surface area (Å²) in [5, 5.41) is 1.16. The van der Waals surface area contributed by atoms with E-state index in [-0.39, 0.29) is 0 Å². The highest BCUT2D eigenvalue weighted by Crippen LogP contribution is 2.15. The van der Waals surface area contributed by atoms with E-state index in [1.54, 1.807) is 0 Å². The maximum absolute atomic E-state index is 4.82. The van der Waals surface area contributed by atoms with Crippen molar-refractivity contribution in [2.24, 2.45) is 0 Å². The number of hydrogen-bond donors (Lipinski definition) is 0. The molecule has 0 saturated carbocycles. The van der Waals surface area contributed by atoms with Gasteiger partial charge in [-0.05, 0) is 36.4 Å². The normalized spacial score (nSPS) is 11.1. The summed E-state index contributed by atoms with van der Waals surface area (Å²) in [6, 6.07) is 24.5. The standard InChI is InChI=1S/C22H20N4/c1-2-10-22-18(7-1)11-12-21(25-22)17-26(15-19-8-3-5-13-23-19)16-20-9-4-6-14-24-20/h1-14H,15-17H2. The predicted octanol–water partition coefficient (Wildman–Crippen LogP) is 4.23. The van der Waals surface area contributed by atoms with Crippen molar-refractivity contribution in [3.05, 3.63) is 102 Å². The average Bonchev–Trinajstić information content (AvgIpc) is 2.69. The summed E-state index contributed by atoms with van der Waals surface area (Å²) >= 11 is 0. The third-order valence-corrected chi connectivity index (χ3v) is 4.27. The molecular weight excluding hydrogens is 320 g/mol. The molecule has 0 bridgehead atoms. The second kappa shape index (κ2) is 7.85. The minimum atomic E-state index is 0.748. The summed E-state index contributed by atoms with van der Waals surface area (Å²) in [7, 11) is 0. The van der Waals surface area contributed by atoms with Gasteiger partial charge >= 0.3 is 0 Å². The molecule has 0 unspecified atom stereocenters. The van der Waals surface area contributed by atoms with Crippen LogP contribution in [0.1, 0.15) is 17.1 Å². The van der Waals surface area contributed by atoms with Crippen molar-refractivity contribution >= 4 is 10.9 Å². The number of rotatable bonds is 6. The number of aromatic nitrogens is 3. The lowest BCUT2D eigenvalue weighted by Gasteiger charge is -2.21. The molecule has 4 aromatic rings. The smallest absolute Gasteiger partial charge is 0.0705 e. The Morgan fingerprint density at radius 2 is 1.19 bits per heavy atom. The molecule has 1 aromatic carbocycles. The lowest BCUT2D eigenvalue weighted by Crippen LogP contribution is -2.24. The number of benzene rings is 1. The molecule has 3 heterocycles. The first kappa shape index (κ1) is 16.4. The van der Waals surface area contributed by atoms with Crippen LogP contribution >= 0.6 is 0 Å². The fraction of sp³-hybridized carbons (Fsp3) is 0.136. The first-order chi connectivity index (χ1) is 12.9. The summed E-state index contributed by atoms with van der Waals surface area (Å²) in [5.74, 6) is 0. The van der Waals surface area contributed by atoms with Crippen LogP contribution in [0.25, 0.3) is 10.9 Å². The first-order valence-corrected chi connectivity index (χ1v) is 8.74. The topological polar surface area (TPSA) is 41.9 Å². The van der Waals surface area contributed by atoms with E-state index in [1.165, 1.54) is 0 Å². The molecule has 0 atom stereocenters. The molecule has 0 saturated heterocycles. The molecular formula is C22H20N4. The van der Waals surface area contributed by atoms with Crippen molar-refractivity contribution in [3.63, 3.8) is 0 Å². The Hall–Kier alpha value is -3.11. The second-order valence-corrected chi connectivity index (χ2v) is 6.28. The zero-order valence-corrected chi connectivity index (χ0v) is 14.5. The Balaban J connectivity index is 1.58. The fourth-order valence-electron chi connectivity index (χ4n) is 3.03. The van der Waals surface area contributed by atoms with Crippen LogP contribution in [0, 0.1) is 0 Å². The SMILES string of the molecule is c1ccc(CN(Cc2ccccn2)Cc2ccc3ccccc3n2)nc1. The Kier molecular flexibility index (Phi) is 4.94. The first-order valence-electron chi connectivity index (χ1n) is 8.74. The van der Waals surface area contributed by atoms with E-state index in [9.17, 15) is 0 Å². The van der Waals surface area contributed by atoms with Crippen molar-refractivity contribution in [3.8, 4) is 0 Å².